The highest BCUT2D eigenvalue weighted by atomic mass is 35.5. The molecular formula is C31H20Cl2O6. The molecular weight excluding hydrogens is 539 g/mol. The fourth-order valence-corrected chi connectivity index (χ4v) is 5.84. The number of benzene rings is 4. The Morgan fingerprint density at radius 2 is 1.38 bits per heavy atom. The van der Waals surface area contributed by atoms with Gasteiger partial charge in [-0.2, -0.15) is 0 Å². The van der Waals surface area contributed by atoms with E-state index in [0.717, 1.165) is 6.07 Å². The fraction of sp³-hybridized carbons (Fsp3) is 0.0645. The molecule has 0 bridgehead atoms. The summed E-state index contributed by atoms with van der Waals surface area (Å²) in [6.45, 7) is 3.51. The maximum Gasteiger partial charge on any atom is 0.337 e. The van der Waals surface area contributed by atoms with Gasteiger partial charge in [0.25, 0.3) is 0 Å². The number of hydrogen-bond acceptors (Lipinski definition) is 4. The van der Waals surface area contributed by atoms with E-state index in [0.29, 0.717) is 49.7 Å². The number of fused-ring (bicyclic) bond motifs is 2. The Kier molecular flexibility index (Phi) is 6.54. The van der Waals surface area contributed by atoms with E-state index in [4.69, 9.17) is 23.2 Å². The zero-order valence-corrected chi connectivity index (χ0v) is 22.2. The van der Waals surface area contributed by atoms with Crippen LogP contribution in [-0.2, 0) is 0 Å². The number of aryl methyl sites for hydroxylation is 1. The molecule has 5 rings (SSSR count). The number of rotatable bonds is 4. The van der Waals surface area contributed by atoms with Crippen LogP contribution in [0, 0.1) is 6.92 Å². The highest BCUT2D eigenvalue weighted by Crippen LogP contribution is 2.48. The monoisotopic (exact) mass is 558 g/mol. The Labute approximate surface area is 233 Å². The van der Waals surface area contributed by atoms with Crippen LogP contribution in [0.1, 0.15) is 60.3 Å². The molecule has 0 heterocycles. The smallest absolute Gasteiger partial charge is 0.337 e. The van der Waals surface area contributed by atoms with Crippen LogP contribution in [0.25, 0.3) is 21.9 Å². The lowest BCUT2D eigenvalue weighted by atomic mass is 9.77. The van der Waals surface area contributed by atoms with Crippen LogP contribution in [0.3, 0.4) is 0 Å². The third kappa shape index (κ3) is 4.18. The number of carboxylic acid groups (broad SMARTS) is 2. The Balaban J connectivity index is 2.10. The Morgan fingerprint density at radius 3 is 2.03 bits per heavy atom. The van der Waals surface area contributed by atoms with Gasteiger partial charge in [-0.15, -0.1) is 0 Å². The predicted molar refractivity (Wildman–Crippen MR) is 151 cm³/mol. The second-order valence-corrected chi connectivity index (χ2v) is 9.99. The number of carbonyl (C=O) groups excluding carboxylic acids is 1. The summed E-state index contributed by atoms with van der Waals surface area (Å²) in [5, 5.41) is 31.3. The molecule has 39 heavy (non-hydrogen) atoms. The van der Waals surface area contributed by atoms with Crippen molar-refractivity contribution in [3.63, 3.8) is 0 Å². The molecule has 4 aromatic carbocycles. The van der Waals surface area contributed by atoms with E-state index in [9.17, 15) is 29.7 Å². The molecule has 0 atom stereocenters. The van der Waals surface area contributed by atoms with E-state index in [1.807, 2.05) is 0 Å². The van der Waals surface area contributed by atoms with Gasteiger partial charge in [0, 0.05) is 22.1 Å². The van der Waals surface area contributed by atoms with Crippen molar-refractivity contribution in [3.05, 3.63) is 121 Å². The van der Waals surface area contributed by atoms with Crippen molar-refractivity contribution in [3.8, 4) is 5.75 Å². The van der Waals surface area contributed by atoms with Crippen molar-refractivity contribution in [1.82, 2.24) is 0 Å². The van der Waals surface area contributed by atoms with Gasteiger partial charge in [0.15, 0.2) is 5.78 Å². The average Bonchev–Trinajstić information content (AvgIpc) is 2.88. The summed E-state index contributed by atoms with van der Waals surface area (Å²) in [6.07, 6.45) is 1.47. The van der Waals surface area contributed by atoms with E-state index in [1.54, 1.807) is 68.4 Å². The van der Waals surface area contributed by atoms with Gasteiger partial charge in [-0.25, -0.2) is 9.59 Å². The van der Waals surface area contributed by atoms with Gasteiger partial charge in [-0.3, -0.25) is 4.79 Å². The molecule has 4 aromatic rings. The largest absolute Gasteiger partial charge is 0.507 e. The maximum atomic E-state index is 12.9. The Morgan fingerprint density at radius 1 is 0.769 bits per heavy atom. The molecule has 0 saturated heterocycles. The van der Waals surface area contributed by atoms with E-state index in [1.165, 1.54) is 6.08 Å². The number of phenolic OH excluding ortho intramolecular Hbond substituents is 1. The minimum absolute atomic E-state index is 0.00464. The summed E-state index contributed by atoms with van der Waals surface area (Å²) in [6, 6.07) is 16.7. The van der Waals surface area contributed by atoms with Crippen LogP contribution >= 0.6 is 23.2 Å². The molecule has 0 aliphatic heterocycles. The molecule has 0 amide bonds. The highest BCUT2D eigenvalue weighted by Gasteiger charge is 2.32. The van der Waals surface area contributed by atoms with E-state index < -0.39 is 28.1 Å². The second kappa shape index (κ2) is 9.73. The summed E-state index contributed by atoms with van der Waals surface area (Å²) >= 11 is 13.2. The summed E-state index contributed by atoms with van der Waals surface area (Å²) in [4.78, 5) is 37.5. The second-order valence-electron chi connectivity index (χ2n) is 9.20. The normalized spacial score (nSPS) is 14.2. The van der Waals surface area contributed by atoms with Crippen LogP contribution in [-0.4, -0.2) is 33.0 Å². The van der Waals surface area contributed by atoms with E-state index in [-0.39, 0.29) is 22.1 Å². The number of hydrogen-bond donors (Lipinski definition) is 3. The van der Waals surface area contributed by atoms with Crippen LogP contribution in [0.2, 0.25) is 10.0 Å². The van der Waals surface area contributed by atoms with Crippen LogP contribution in [0.5, 0.6) is 5.75 Å². The van der Waals surface area contributed by atoms with Crippen molar-refractivity contribution in [1.29, 1.82) is 0 Å². The third-order valence-electron chi connectivity index (χ3n) is 6.83. The number of carboxylic acids is 2. The van der Waals surface area contributed by atoms with Crippen LogP contribution in [0.4, 0.5) is 0 Å². The maximum absolute atomic E-state index is 12.9. The number of carbonyl (C=O) groups is 3. The van der Waals surface area contributed by atoms with Crippen molar-refractivity contribution in [2.45, 2.75) is 13.8 Å². The molecule has 8 heteroatoms. The molecule has 1 aliphatic carbocycles. The van der Waals surface area contributed by atoms with Gasteiger partial charge in [0.05, 0.1) is 21.2 Å². The molecule has 0 saturated carbocycles. The highest BCUT2D eigenvalue weighted by molar-refractivity contribution is 6.40. The molecule has 0 fully saturated rings. The van der Waals surface area contributed by atoms with Crippen LogP contribution in [0.15, 0.2) is 72.3 Å². The van der Waals surface area contributed by atoms with Gasteiger partial charge >= 0.3 is 11.9 Å². The number of allylic oxidation sites excluding steroid dienone is 3. The summed E-state index contributed by atoms with van der Waals surface area (Å²) in [5.41, 5.74) is 2.62. The van der Waals surface area contributed by atoms with Gasteiger partial charge < -0.3 is 15.3 Å². The number of halogens is 2. The minimum atomic E-state index is -1.47. The number of ketones is 1. The van der Waals surface area contributed by atoms with E-state index in [2.05, 4.69) is 0 Å². The standard InChI is InChI=1S/C31H20Cl2O6/c1-14-11-22(34)16-7-3-5-9-18(16)24(14)27(25-15(2)12-23(35)17-8-4-6-10-19(17)25)26-21(32)13-20(30(36)37)29(33)28(26)31(38)39/h3-13,34H,1-2H3,(H,36,37)(H,38,39)/b27-25-. The first-order chi connectivity index (χ1) is 18.5. The SMILES string of the molecule is CC1=CC(=O)c2ccccc2/C1=C(\c1c(Cl)cc(C(=O)O)c(Cl)c1C(=O)O)c1c(C)cc(O)c2ccccc12. The molecule has 1 aliphatic rings. The van der Waals surface area contributed by atoms with Gasteiger partial charge in [0.2, 0.25) is 0 Å². The molecule has 0 unspecified atom stereocenters. The topological polar surface area (TPSA) is 112 Å². The fourth-order valence-electron chi connectivity index (χ4n) is 5.23. The first-order valence-electron chi connectivity index (χ1n) is 11.8. The Bertz CT molecular complexity index is 1830. The Hall–Kier alpha value is -4.39. The first-order valence-corrected chi connectivity index (χ1v) is 12.6. The lowest BCUT2D eigenvalue weighted by Gasteiger charge is -2.26. The molecule has 0 aromatic heterocycles. The zero-order chi connectivity index (χ0) is 28.2. The van der Waals surface area contributed by atoms with Gasteiger partial charge in [-0.1, -0.05) is 71.7 Å². The zero-order valence-electron chi connectivity index (χ0n) is 20.7. The van der Waals surface area contributed by atoms with Gasteiger partial charge in [-0.05, 0) is 65.3 Å². The average molecular weight is 559 g/mol. The quantitative estimate of drug-likeness (QED) is 0.237. The lowest BCUT2D eigenvalue weighted by molar-refractivity contribution is 0.0695. The number of phenols is 1. The number of aromatic hydroxyl groups is 1. The molecule has 0 radical (unpaired) electrons. The van der Waals surface area contributed by atoms with E-state index >= 15 is 0 Å². The molecule has 194 valence electrons. The summed E-state index contributed by atoms with van der Waals surface area (Å²) in [5.74, 6) is -3.07. The van der Waals surface area contributed by atoms with Crippen molar-refractivity contribution in [2.75, 3.05) is 0 Å². The van der Waals surface area contributed by atoms with Crippen LogP contribution < -0.4 is 0 Å². The van der Waals surface area contributed by atoms with Crippen molar-refractivity contribution < 1.29 is 29.7 Å². The van der Waals surface area contributed by atoms with Crippen molar-refractivity contribution in [2.24, 2.45) is 0 Å². The number of aromatic carboxylic acids is 2. The first kappa shape index (κ1) is 26.2. The molecule has 3 N–H and O–H groups in total. The van der Waals surface area contributed by atoms with Gasteiger partial charge in [0.1, 0.15) is 5.75 Å². The summed E-state index contributed by atoms with van der Waals surface area (Å²) in [7, 11) is 0. The molecule has 0 spiro atoms. The third-order valence-corrected chi connectivity index (χ3v) is 7.52. The molecule has 6 nitrogen and oxygen atoms in total. The van der Waals surface area contributed by atoms with Crippen molar-refractivity contribution >= 4 is 62.8 Å². The predicted octanol–water partition coefficient (Wildman–Crippen LogP) is 7.66. The minimum Gasteiger partial charge on any atom is -0.507 e. The summed E-state index contributed by atoms with van der Waals surface area (Å²) < 4.78 is 0. The lowest BCUT2D eigenvalue weighted by Crippen LogP contribution is -2.14.